The van der Waals surface area contributed by atoms with Crippen LogP contribution < -0.4 is 15.4 Å². The Morgan fingerprint density at radius 3 is 2.43 bits per heavy atom. The number of urea groups is 1. The second-order valence-corrected chi connectivity index (χ2v) is 6.91. The molecule has 0 saturated carbocycles. The van der Waals surface area contributed by atoms with Crippen LogP contribution in [0.3, 0.4) is 0 Å². The average molecular weight is 381 g/mol. The van der Waals surface area contributed by atoms with E-state index in [1.54, 1.807) is 12.0 Å². The van der Waals surface area contributed by atoms with Crippen molar-refractivity contribution < 1.29 is 14.3 Å². The molecule has 2 N–H and O–H groups in total. The summed E-state index contributed by atoms with van der Waals surface area (Å²) >= 11 is 0. The van der Waals surface area contributed by atoms with Gasteiger partial charge in [0.1, 0.15) is 5.75 Å². The van der Waals surface area contributed by atoms with Gasteiger partial charge in [-0.2, -0.15) is 0 Å². The van der Waals surface area contributed by atoms with Gasteiger partial charge in [0.15, 0.2) is 0 Å². The van der Waals surface area contributed by atoms with Crippen LogP contribution in [-0.4, -0.2) is 43.6 Å². The van der Waals surface area contributed by atoms with Gasteiger partial charge in [0, 0.05) is 31.2 Å². The highest BCUT2D eigenvalue weighted by Crippen LogP contribution is 2.20. The third-order valence-corrected chi connectivity index (χ3v) is 5.06. The summed E-state index contributed by atoms with van der Waals surface area (Å²) in [6, 6.07) is 17.2. The van der Waals surface area contributed by atoms with Gasteiger partial charge < -0.3 is 20.3 Å². The Morgan fingerprint density at radius 1 is 1.04 bits per heavy atom. The van der Waals surface area contributed by atoms with Gasteiger partial charge in [-0.3, -0.25) is 4.79 Å². The predicted molar refractivity (Wildman–Crippen MR) is 109 cm³/mol. The largest absolute Gasteiger partial charge is 0.496 e. The molecular weight excluding hydrogens is 354 g/mol. The van der Waals surface area contributed by atoms with Crippen LogP contribution in [0, 0.1) is 5.92 Å². The number of hydrogen-bond acceptors (Lipinski definition) is 3. The van der Waals surface area contributed by atoms with Gasteiger partial charge in [0.05, 0.1) is 7.11 Å². The average Bonchev–Trinajstić information content (AvgIpc) is 2.75. The molecule has 0 radical (unpaired) electrons. The first-order chi connectivity index (χ1) is 13.7. The molecule has 0 bridgehead atoms. The van der Waals surface area contributed by atoms with Gasteiger partial charge in [-0.05, 0) is 43.0 Å². The lowest BCUT2D eigenvalue weighted by atomic mass is 9.96. The molecule has 2 aromatic rings. The number of ether oxygens (including phenoxy) is 1. The molecule has 0 atom stereocenters. The van der Waals surface area contributed by atoms with Crippen molar-refractivity contribution in [3.05, 3.63) is 60.2 Å². The minimum absolute atomic E-state index is 0.0300. The highest BCUT2D eigenvalue weighted by molar-refractivity contribution is 5.92. The van der Waals surface area contributed by atoms with Crippen molar-refractivity contribution in [1.82, 2.24) is 10.2 Å². The zero-order valence-electron chi connectivity index (χ0n) is 16.2. The van der Waals surface area contributed by atoms with E-state index in [1.165, 1.54) is 0 Å². The zero-order valence-corrected chi connectivity index (χ0v) is 16.2. The number of amides is 3. The maximum atomic E-state index is 12.4. The number of hydrogen-bond donors (Lipinski definition) is 2. The summed E-state index contributed by atoms with van der Waals surface area (Å²) in [6.07, 6.45) is 2.07. The number of anilines is 1. The molecule has 148 valence electrons. The van der Waals surface area contributed by atoms with E-state index in [9.17, 15) is 9.59 Å². The molecule has 6 heteroatoms. The summed E-state index contributed by atoms with van der Waals surface area (Å²) in [4.78, 5) is 26.6. The molecular formula is C22H27N3O3. The van der Waals surface area contributed by atoms with Crippen molar-refractivity contribution in [3.8, 4) is 5.75 Å². The van der Waals surface area contributed by atoms with Gasteiger partial charge in [-0.25, -0.2) is 4.79 Å². The number of piperidine rings is 1. The lowest BCUT2D eigenvalue weighted by molar-refractivity contribution is -0.121. The number of carbonyl (C=O) groups is 2. The fourth-order valence-corrected chi connectivity index (χ4v) is 3.44. The van der Waals surface area contributed by atoms with Crippen LogP contribution in [0.25, 0.3) is 0 Å². The van der Waals surface area contributed by atoms with Crippen molar-refractivity contribution in [1.29, 1.82) is 0 Å². The Bertz CT molecular complexity index is 787. The molecule has 3 amide bonds. The van der Waals surface area contributed by atoms with Crippen LogP contribution in [-0.2, 0) is 11.2 Å². The van der Waals surface area contributed by atoms with Crippen molar-refractivity contribution in [2.24, 2.45) is 5.92 Å². The molecule has 2 aromatic carbocycles. The van der Waals surface area contributed by atoms with Gasteiger partial charge in [0.25, 0.3) is 0 Å². The van der Waals surface area contributed by atoms with Gasteiger partial charge in [-0.15, -0.1) is 0 Å². The Balaban J connectivity index is 1.40. The zero-order chi connectivity index (χ0) is 19.8. The fraction of sp³-hybridized carbons (Fsp3) is 0.364. The van der Waals surface area contributed by atoms with Crippen molar-refractivity contribution in [2.45, 2.75) is 19.3 Å². The van der Waals surface area contributed by atoms with Crippen LogP contribution in [0.4, 0.5) is 10.5 Å². The second kappa shape index (κ2) is 9.78. The molecule has 6 nitrogen and oxygen atoms in total. The molecule has 1 aliphatic heterocycles. The highest BCUT2D eigenvalue weighted by Gasteiger charge is 2.27. The number of nitrogens with one attached hydrogen (secondary N) is 2. The van der Waals surface area contributed by atoms with Gasteiger partial charge >= 0.3 is 6.03 Å². The summed E-state index contributed by atoms with van der Waals surface area (Å²) in [5.74, 6) is 0.808. The van der Waals surface area contributed by atoms with E-state index in [4.69, 9.17) is 4.74 Å². The van der Waals surface area contributed by atoms with E-state index in [0.717, 1.165) is 17.0 Å². The molecule has 1 saturated heterocycles. The molecule has 0 aromatic heterocycles. The van der Waals surface area contributed by atoms with Crippen LogP contribution in [0.5, 0.6) is 5.75 Å². The van der Waals surface area contributed by atoms with Crippen molar-refractivity contribution in [2.75, 3.05) is 32.1 Å². The summed E-state index contributed by atoms with van der Waals surface area (Å²) in [7, 11) is 1.65. The van der Waals surface area contributed by atoms with Crippen LogP contribution in [0.2, 0.25) is 0 Å². The predicted octanol–water partition coefficient (Wildman–Crippen LogP) is 3.30. The summed E-state index contributed by atoms with van der Waals surface area (Å²) in [5.41, 5.74) is 1.88. The van der Waals surface area contributed by atoms with Crippen LogP contribution >= 0.6 is 0 Å². The molecule has 0 spiro atoms. The summed E-state index contributed by atoms with van der Waals surface area (Å²) < 4.78 is 5.33. The van der Waals surface area contributed by atoms with Crippen molar-refractivity contribution in [3.63, 3.8) is 0 Å². The first-order valence-electron chi connectivity index (χ1n) is 9.68. The number of rotatable bonds is 6. The van der Waals surface area contributed by atoms with Crippen LogP contribution in [0.1, 0.15) is 18.4 Å². The minimum atomic E-state index is -0.0724. The maximum absolute atomic E-state index is 12.4. The standard InChI is InChI=1S/C22H27N3O3/c1-28-20-10-6-5-7-17(20)11-14-23-22(27)25-15-12-18(13-16-25)21(26)24-19-8-3-2-4-9-19/h2-10,18H,11-16H2,1H3,(H,23,27)(H,24,26). The monoisotopic (exact) mass is 381 g/mol. The first kappa shape index (κ1) is 19.7. The number of benzene rings is 2. The number of methoxy groups -OCH3 is 1. The topological polar surface area (TPSA) is 70.7 Å². The molecule has 1 aliphatic rings. The highest BCUT2D eigenvalue weighted by atomic mass is 16.5. The summed E-state index contributed by atoms with van der Waals surface area (Å²) in [5, 5.41) is 5.92. The normalized spacial score (nSPS) is 14.4. The number of para-hydroxylation sites is 2. The quantitative estimate of drug-likeness (QED) is 0.807. The number of likely N-dealkylation sites (tertiary alicyclic amines) is 1. The SMILES string of the molecule is COc1ccccc1CCNC(=O)N1CCC(C(=O)Nc2ccccc2)CC1. The van der Waals surface area contributed by atoms with E-state index in [-0.39, 0.29) is 17.9 Å². The third kappa shape index (κ3) is 5.25. The lowest BCUT2D eigenvalue weighted by Crippen LogP contribution is -2.46. The Labute approximate surface area is 165 Å². The fourth-order valence-electron chi connectivity index (χ4n) is 3.44. The first-order valence-corrected chi connectivity index (χ1v) is 9.68. The van der Waals surface area contributed by atoms with E-state index in [1.807, 2.05) is 54.6 Å². The maximum Gasteiger partial charge on any atom is 0.317 e. The molecule has 1 heterocycles. The number of nitrogens with zero attached hydrogens (tertiary/aromatic N) is 1. The molecule has 1 fully saturated rings. The van der Waals surface area contributed by atoms with Gasteiger partial charge in [-0.1, -0.05) is 36.4 Å². The number of carbonyl (C=O) groups excluding carboxylic acids is 2. The molecule has 3 rings (SSSR count). The van der Waals surface area contributed by atoms with E-state index in [2.05, 4.69) is 10.6 Å². The second-order valence-electron chi connectivity index (χ2n) is 6.91. The third-order valence-electron chi connectivity index (χ3n) is 5.06. The smallest absolute Gasteiger partial charge is 0.317 e. The van der Waals surface area contributed by atoms with E-state index < -0.39 is 0 Å². The van der Waals surface area contributed by atoms with E-state index >= 15 is 0 Å². The van der Waals surface area contributed by atoms with E-state index in [0.29, 0.717) is 38.9 Å². The summed E-state index contributed by atoms with van der Waals surface area (Å²) in [6.45, 7) is 1.73. The Kier molecular flexibility index (Phi) is 6.89. The molecule has 28 heavy (non-hydrogen) atoms. The van der Waals surface area contributed by atoms with Crippen molar-refractivity contribution >= 4 is 17.6 Å². The Hall–Kier alpha value is -3.02. The van der Waals surface area contributed by atoms with Gasteiger partial charge in [0.2, 0.25) is 5.91 Å². The molecule has 0 unspecified atom stereocenters. The molecule has 0 aliphatic carbocycles. The lowest BCUT2D eigenvalue weighted by Gasteiger charge is -2.31. The van der Waals surface area contributed by atoms with Crippen LogP contribution in [0.15, 0.2) is 54.6 Å². The minimum Gasteiger partial charge on any atom is -0.496 e. The Morgan fingerprint density at radius 2 is 1.71 bits per heavy atom.